The number of nitrogens with zero attached hydrogens (tertiary/aromatic N) is 6. The quantitative estimate of drug-likeness (QED) is 0.458. The maximum atomic E-state index is 12.9. The molecular formula is C25H22N6O. The van der Waals surface area contributed by atoms with Gasteiger partial charge in [0.15, 0.2) is 5.78 Å². The fourth-order valence-electron chi connectivity index (χ4n) is 3.67. The highest BCUT2D eigenvalue weighted by Crippen LogP contribution is 2.29. The van der Waals surface area contributed by atoms with Crippen molar-refractivity contribution in [1.29, 1.82) is 0 Å². The van der Waals surface area contributed by atoms with Crippen LogP contribution in [0.3, 0.4) is 0 Å². The number of carbonyl (C=O) groups excluding carboxylic acids is 1. The lowest BCUT2D eigenvalue weighted by molar-refractivity contribution is -0.111. The summed E-state index contributed by atoms with van der Waals surface area (Å²) >= 11 is 0. The number of hydrogen-bond donors (Lipinski definition) is 0. The Kier molecular flexibility index (Phi) is 5.07. The minimum atomic E-state index is 0.0276. The molecule has 1 aliphatic rings. The second kappa shape index (κ2) is 8.19. The largest absolute Gasteiger partial charge is 0.289 e. The summed E-state index contributed by atoms with van der Waals surface area (Å²) in [7, 11) is 0. The molecule has 1 saturated carbocycles. The van der Waals surface area contributed by atoms with Crippen LogP contribution < -0.4 is 0 Å². The topological polar surface area (TPSA) is 78.5 Å². The van der Waals surface area contributed by atoms with Crippen molar-refractivity contribution in [3.63, 3.8) is 0 Å². The lowest BCUT2D eigenvalue weighted by Gasteiger charge is -1.99. The third-order valence-electron chi connectivity index (χ3n) is 5.51. The third-order valence-corrected chi connectivity index (χ3v) is 5.51. The molecule has 0 saturated heterocycles. The Morgan fingerprint density at radius 3 is 1.50 bits per heavy atom. The molecular weight excluding hydrogens is 400 g/mol. The van der Waals surface area contributed by atoms with E-state index in [1.165, 1.54) is 11.1 Å². The number of carbonyl (C=O) groups is 1. The number of rotatable bonds is 4. The first-order valence-electron chi connectivity index (χ1n) is 10.5. The van der Waals surface area contributed by atoms with Crippen LogP contribution in [0, 0.1) is 13.8 Å². The molecule has 7 nitrogen and oxygen atoms in total. The van der Waals surface area contributed by atoms with Gasteiger partial charge < -0.3 is 0 Å². The third kappa shape index (κ3) is 4.05. The molecule has 0 atom stereocenters. The number of aryl methyl sites for hydroxylation is 2. The Hall–Kier alpha value is -4.13. The van der Waals surface area contributed by atoms with Gasteiger partial charge in [-0.3, -0.25) is 4.79 Å². The monoisotopic (exact) mass is 422 g/mol. The van der Waals surface area contributed by atoms with E-state index in [0.29, 0.717) is 24.2 Å². The normalized spacial score (nSPS) is 16.4. The summed E-state index contributed by atoms with van der Waals surface area (Å²) in [5.41, 5.74) is 7.04. The molecule has 32 heavy (non-hydrogen) atoms. The van der Waals surface area contributed by atoms with Crippen molar-refractivity contribution >= 4 is 17.9 Å². The molecule has 2 heterocycles. The smallest absolute Gasteiger partial charge is 0.185 e. The van der Waals surface area contributed by atoms with Gasteiger partial charge in [-0.25, -0.2) is 9.36 Å². The average molecular weight is 422 g/mol. The molecule has 0 N–H and O–H groups in total. The summed E-state index contributed by atoms with van der Waals surface area (Å²) in [6.45, 7) is 4.08. The minimum absolute atomic E-state index is 0.0276. The molecule has 0 bridgehead atoms. The number of Topliss-reactive ketones (excluding diaryl/α,β-unsaturated/α-hetero) is 1. The summed E-state index contributed by atoms with van der Waals surface area (Å²) < 4.78 is 3.43. The first-order valence-corrected chi connectivity index (χ1v) is 10.5. The number of benzene rings is 2. The van der Waals surface area contributed by atoms with Crippen LogP contribution in [0.15, 0.2) is 72.1 Å². The molecule has 1 fully saturated rings. The van der Waals surface area contributed by atoms with Gasteiger partial charge in [-0.2, -0.15) is 0 Å². The predicted octanol–water partition coefficient (Wildman–Crippen LogP) is 4.29. The second-order valence-electron chi connectivity index (χ2n) is 8.02. The SMILES string of the molecule is Cc1ccc(-n2cc(/C=C3\CC/C(=C\c4cn(-c5ccc(C)cc5)nn4)C3=O)nn2)cc1. The number of aromatic nitrogens is 6. The Balaban J connectivity index is 1.33. The Labute approximate surface area is 185 Å². The molecule has 0 amide bonds. The molecule has 0 aliphatic heterocycles. The lowest BCUT2D eigenvalue weighted by atomic mass is 10.1. The molecule has 0 unspecified atom stereocenters. The second-order valence-corrected chi connectivity index (χ2v) is 8.02. The van der Waals surface area contributed by atoms with E-state index in [1.807, 2.05) is 86.9 Å². The molecule has 4 aromatic rings. The average Bonchev–Trinajstić information content (AvgIpc) is 3.53. The molecule has 0 spiro atoms. The summed E-state index contributed by atoms with van der Waals surface area (Å²) in [5.74, 6) is 0.0276. The van der Waals surface area contributed by atoms with E-state index >= 15 is 0 Å². The highest BCUT2D eigenvalue weighted by Gasteiger charge is 2.24. The van der Waals surface area contributed by atoms with Crippen molar-refractivity contribution < 1.29 is 4.79 Å². The Morgan fingerprint density at radius 2 is 1.09 bits per heavy atom. The summed E-state index contributed by atoms with van der Waals surface area (Å²) in [6.07, 6.45) is 8.66. The van der Waals surface area contributed by atoms with Gasteiger partial charge in [-0.1, -0.05) is 45.8 Å². The van der Waals surface area contributed by atoms with Crippen LogP contribution in [0.5, 0.6) is 0 Å². The van der Waals surface area contributed by atoms with E-state index < -0.39 is 0 Å². The van der Waals surface area contributed by atoms with Crippen molar-refractivity contribution in [3.05, 3.63) is 94.6 Å². The van der Waals surface area contributed by atoms with Crippen LogP contribution >= 0.6 is 0 Å². The summed E-state index contributed by atoms with van der Waals surface area (Å²) in [5, 5.41) is 16.8. The van der Waals surface area contributed by atoms with Crippen molar-refractivity contribution in [2.24, 2.45) is 0 Å². The van der Waals surface area contributed by atoms with Gasteiger partial charge in [-0.15, -0.1) is 10.2 Å². The van der Waals surface area contributed by atoms with Crippen LogP contribution in [0.4, 0.5) is 0 Å². The van der Waals surface area contributed by atoms with Crippen LogP contribution in [0.25, 0.3) is 23.5 Å². The van der Waals surface area contributed by atoms with Crippen LogP contribution in [0.2, 0.25) is 0 Å². The fourth-order valence-corrected chi connectivity index (χ4v) is 3.67. The van der Waals surface area contributed by atoms with Gasteiger partial charge in [0, 0.05) is 11.1 Å². The van der Waals surface area contributed by atoms with E-state index in [1.54, 1.807) is 9.36 Å². The lowest BCUT2D eigenvalue weighted by Crippen LogP contribution is -1.96. The maximum Gasteiger partial charge on any atom is 0.185 e. The molecule has 0 radical (unpaired) electrons. The van der Waals surface area contributed by atoms with Crippen molar-refractivity contribution in [3.8, 4) is 11.4 Å². The molecule has 5 rings (SSSR count). The summed E-state index contributed by atoms with van der Waals surface area (Å²) in [6, 6.07) is 16.1. The van der Waals surface area contributed by atoms with Crippen LogP contribution in [0.1, 0.15) is 35.4 Å². The first kappa shape index (κ1) is 19.8. The number of allylic oxidation sites excluding steroid dienone is 2. The van der Waals surface area contributed by atoms with Crippen LogP contribution in [-0.2, 0) is 4.79 Å². The highest BCUT2D eigenvalue weighted by atomic mass is 16.1. The van der Waals surface area contributed by atoms with Crippen molar-refractivity contribution in [2.75, 3.05) is 0 Å². The molecule has 2 aromatic heterocycles. The Morgan fingerprint density at radius 1 is 0.688 bits per heavy atom. The zero-order chi connectivity index (χ0) is 22.1. The maximum absolute atomic E-state index is 12.9. The van der Waals surface area contributed by atoms with Crippen LogP contribution in [-0.4, -0.2) is 35.8 Å². The zero-order valence-electron chi connectivity index (χ0n) is 17.9. The minimum Gasteiger partial charge on any atom is -0.289 e. The molecule has 1 aliphatic carbocycles. The van der Waals surface area contributed by atoms with E-state index in [9.17, 15) is 4.79 Å². The zero-order valence-corrected chi connectivity index (χ0v) is 17.9. The van der Waals surface area contributed by atoms with Crippen molar-refractivity contribution in [1.82, 2.24) is 30.0 Å². The standard InChI is InChI=1S/C25H22N6O/c1-17-3-9-23(10-4-17)30-15-21(26-28-30)13-19-7-8-20(25(19)32)14-22-16-31(29-27-22)24-11-5-18(2)6-12-24/h3-6,9-16H,7-8H2,1-2H3/b19-13+,20-14+. The number of hydrogen-bond acceptors (Lipinski definition) is 5. The van der Waals surface area contributed by atoms with Gasteiger partial charge in [0.25, 0.3) is 0 Å². The van der Waals surface area contributed by atoms with Gasteiger partial charge in [-0.05, 0) is 63.1 Å². The van der Waals surface area contributed by atoms with E-state index in [-0.39, 0.29) is 5.78 Å². The van der Waals surface area contributed by atoms with E-state index in [0.717, 1.165) is 22.5 Å². The molecule has 2 aromatic carbocycles. The van der Waals surface area contributed by atoms with Gasteiger partial charge in [0.05, 0.1) is 23.8 Å². The molecule has 158 valence electrons. The van der Waals surface area contributed by atoms with E-state index in [4.69, 9.17) is 0 Å². The van der Waals surface area contributed by atoms with Gasteiger partial charge in [0.1, 0.15) is 11.4 Å². The van der Waals surface area contributed by atoms with Gasteiger partial charge in [0.2, 0.25) is 0 Å². The highest BCUT2D eigenvalue weighted by molar-refractivity contribution is 6.15. The van der Waals surface area contributed by atoms with Crippen molar-refractivity contribution in [2.45, 2.75) is 26.7 Å². The molecule has 7 heteroatoms. The first-order chi connectivity index (χ1) is 15.5. The van der Waals surface area contributed by atoms with E-state index in [2.05, 4.69) is 20.6 Å². The summed E-state index contributed by atoms with van der Waals surface area (Å²) in [4.78, 5) is 12.9. The predicted molar refractivity (Wildman–Crippen MR) is 122 cm³/mol. The Bertz CT molecular complexity index is 1240. The number of ketones is 1. The van der Waals surface area contributed by atoms with Gasteiger partial charge >= 0.3 is 0 Å². The fraction of sp³-hybridized carbons (Fsp3) is 0.160.